The first kappa shape index (κ1) is 20.0. The molecule has 1 fully saturated rings. The third-order valence-electron chi connectivity index (χ3n) is 5.25. The minimum absolute atomic E-state index is 0.232. The molecule has 1 aliphatic rings. The summed E-state index contributed by atoms with van der Waals surface area (Å²) in [6, 6.07) is 5.34. The quantitative estimate of drug-likeness (QED) is 0.401. The fourth-order valence-electron chi connectivity index (χ4n) is 3.63. The fraction of sp³-hybridized carbons (Fsp3) is 0.632. The number of aliphatic hydroxyl groups excluding tert-OH is 4. The van der Waals surface area contributed by atoms with E-state index >= 15 is 0 Å². The van der Waals surface area contributed by atoms with Crippen molar-refractivity contribution in [3.05, 3.63) is 24.6 Å². The Morgan fingerprint density at radius 2 is 1.93 bits per heavy atom. The average molecular weight is 379 g/mol. The summed E-state index contributed by atoms with van der Waals surface area (Å²) in [4.78, 5) is 5.96. The van der Waals surface area contributed by atoms with Crippen molar-refractivity contribution in [1.82, 2.24) is 9.88 Å². The number of fused-ring (bicyclic) bond motifs is 1. The predicted molar refractivity (Wildman–Crippen MR) is 101 cm³/mol. The Hall–Kier alpha value is -1.71. The van der Waals surface area contributed by atoms with Gasteiger partial charge in [0.2, 0.25) is 0 Å². The van der Waals surface area contributed by atoms with Gasteiger partial charge in [-0.1, -0.05) is 12.8 Å². The van der Waals surface area contributed by atoms with Gasteiger partial charge in [0, 0.05) is 24.8 Å². The maximum absolute atomic E-state index is 9.98. The molecule has 0 amide bonds. The Labute approximate surface area is 158 Å². The summed E-state index contributed by atoms with van der Waals surface area (Å²) in [5, 5.41) is 42.3. The van der Waals surface area contributed by atoms with Crippen LogP contribution in [0.4, 0.5) is 5.69 Å². The molecule has 1 aromatic heterocycles. The molecule has 27 heavy (non-hydrogen) atoms. The van der Waals surface area contributed by atoms with E-state index in [2.05, 4.69) is 10.3 Å². The van der Waals surface area contributed by atoms with Gasteiger partial charge in [-0.05, 0) is 31.5 Å². The molecule has 0 aliphatic carbocycles. The van der Waals surface area contributed by atoms with Crippen LogP contribution >= 0.6 is 0 Å². The SMILES string of the molecule is OC[C@@H]1[C@@H](O)[C@H](O)[C@@H](O)CN1CCCCCCNc1ccc2ncoc2c1. The van der Waals surface area contributed by atoms with Crippen molar-refractivity contribution in [2.75, 3.05) is 31.6 Å². The number of hydrogen-bond acceptors (Lipinski definition) is 8. The van der Waals surface area contributed by atoms with Crippen molar-refractivity contribution in [3.8, 4) is 0 Å². The number of likely N-dealkylation sites (tertiary alicyclic amines) is 1. The van der Waals surface area contributed by atoms with Gasteiger partial charge in [-0.2, -0.15) is 0 Å². The van der Waals surface area contributed by atoms with E-state index in [1.165, 1.54) is 6.39 Å². The number of rotatable bonds is 9. The van der Waals surface area contributed by atoms with Crippen LogP contribution in [0.15, 0.2) is 29.0 Å². The molecular formula is C19H29N3O5. The molecule has 2 aromatic rings. The second-order valence-corrected chi connectivity index (χ2v) is 7.17. The third-order valence-corrected chi connectivity index (χ3v) is 5.25. The minimum Gasteiger partial charge on any atom is -0.443 e. The van der Waals surface area contributed by atoms with Gasteiger partial charge in [-0.25, -0.2) is 4.98 Å². The number of aliphatic hydroxyl groups is 4. The van der Waals surface area contributed by atoms with Gasteiger partial charge in [0.25, 0.3) is 0 Å². The van der Waals surface area contributed by atoms with Crippen LogP contribution in [0.1, 0.15) is 25.7 Å². The van der Waals surface area contributed by atoms with Crippen LogP contribution < -0.4 is 5.32 Å². The van der Waals surface area contributed by atoms with Gasteiger partial charge in [0.1, 0.15) is 17.7 Å². The van der Waals surface area contributed by atoms with Crippen LogP contribution in [0.5, 0.6) is 0 Å². The molecule has 0 bridgehead atoms. The van der Waals surface area contributed by atoms with E-state index in [1.807, 2.05) is 23.1 Å². The first-order valence-electron chi connectivity index (χ1n) is 9.56. The first-order chi connectivity index (χ1) is 13.1. The van der Waals surface area contributed by atoms with Crippen molar-refractivity contribution < 1.29 is 24.8 Å². The van der Waals surface area contributed by atoms with Crippen molar-refractivity contribution in [2.24, 2.45) is 0 Å². The summed E-state index contributed by atoms with van der Waals surface area (Å²) in [5.41, 5.74) is 2.64. The fourth-order valence-corrected chi connectivity index (χ4v) is 3.63. The number of aromatic nitrogens is 1. The Bertz CT molecular complexity index is 709. The van der Waals surface area contributed by atoms with Gasteiger partial charge < -0.3 is 30.2 Å². The highest BCUT2D eigenvalue weighted by Crippen LogP contribution is 2.20. The molecule has 0 unspecified atom stereocenters. The van der Waals surface area contributed by atoms with Gasteiger partial charge in [-0.3, -0.25) is 4.90 Å². The number of hydrogen-bond donors (Lipinski definition) is 5. The zero-order valence-corrected chi connectivity index (χ0v) is 15.4. The molecule has 0 radical (unpaired) electrons. The van der Waals surface area contributed by atoms with Crippen molar-refractivity contribution >= 4 is 16.8 Å². The molecule has 4 atom stereocenters. The molecule has 2 heterocycles. The number of oxazole rings is 1. The number of piperidine rings is 1. The molecule has 1 aromatic carbocycles. The van der Waals surface area contributed by atoms with Crippen LogP contribution in [-0.2, 0) is 0 Å². The Balaban J connectivity index is 1.32. The van der Waals surface area contributed by atoms with Crippen molar-refractivity contribution in [2.45, 2.75) is 50.0 Å². The first-order valence-corrected chi connectivity index (χ1v) is 9.56. The van der Waals surface area contributed by atoms with E-state index in [1.54, 1.807) is 0 Å². The van der Waals surface area contributed by atoms with Gasteiger partial charge in [-0.15, -0.1) is 0 Å². The number of nitrogens with zero attached hydrogens (tertiary/aromatic N) is 2. The number of anilines is 1. The second-order valence-electron chi connectivity index (χ2n) is 7.17. The molecule has 8 heteroatoms. The summed E-state index contributed by atoms with van der Waals surface area (Å²) < 4.78 is 5.29. The maximum atomic E-state index is 9.98. The number of unbranched alkanes of at least 4 members (excludes halogenated alkanes) is 3. The number of nitrogens with one attached hydrogen (secondary N) is 1. The summed E-state index contributed by atoms with van der Waals surface area (Å²) in [7, 11) is 0. The standard InChI is InChI=1S/C19H29N3O5/c23-11-15-18(25)19(26)16(24)10-22(15)8-4-2-1-3-7-20-13-5-6-14-17(9-13)27-12-21-14/h5-6,9,12,15-16,18-20,23-26H,1-4,7-8,10-11H2/t15-,16+,18-,19-/m1/s1. The monoisotopic (exact) mass is 379 g/mol. The molecule has 150 valence electrons. The van der Waals surface area contributed by atoms with Crippen LogP contribution in [0.25, 0.3) is 11.1 Å². The topological polar surface area (TPSA) is 122 Å². The van der Waals surface area contributed by atoms with E-state index in [0.717, 1.165) is 49.0 Å². The second kappa shape index (κ2) is 9.48. The van der Waals surface area contributed by atoms with E-state index in [9.17, 15) is 20.4 Å². The largest absolute Gasteiger partial charge is 0.443 e. The summed E-state index contributed by atoms with van der Waals surface area (Å²) in [5.74, 6) is 0. The zero-order chi connectivity index (χ0) is 19.2. The predicted octanol–water partition coefficient (Wildman–Crippen LogP) is 0.559. The molecule has 1 aliphatic heterocycles. The lowest BCUT2D eigenvalue weighted by Crippen LogP contribution is -2.62. The van der Waals surface area contributed by atoms with Crippen LogP contribution in [0, 0.1) is 0 Å². The summed E-state index contributed by atoms with van der Waals surface area (Å²) in [6.07, 6.45) is 2.17. The highest BCUT2D eigenvalue weighted by Gasteiger charge is 2.40. The molecule has 1 saturated heterocycles. The lowest BCUT2D eigenvalue weighted by atomic mass is 9.94. The van der Waals surface area contributed by atoms with Gasteiger partial charge >= 0.3 is 0 Å². The minimum atomic E-state index is -1.19. The summed E-state index contributed by atoms with van der Waals surface area (Å²) in [6.45, 7) is 1.59. The normalized spacial score (nSPS) is 26.5. The van der Waals surface area contributed by atoms with Crippen LogP contribution in [0.3, 0.4) is 0 Å². The lowest BCUT2D eigenvalue weighted by Gasteiger charge is -2.43. The maximum Gasteiger partial charge on any atom is 0.181 e. The van der Waals surface area contributed by atoms with E-state index < -0.39 is 24.4 Å². The average Bonchev–Trinajstić information content (AvgIpc) is 3.13. The molecule has 5 N–H and O–H groups in total. The zero-order valence-electron chi connectivity index (χ0n) is 15.4. The molecular weight excluding hydrogens is 350 g/mol. The molecule has 3 rings (SSSR count). The van der Waals surface area contributed by atoms with E-state index in [4.69, 9.17) is 4.42 Å². The van der Waals surface area contributed by atoms with Gasteiger partial charge in [0.15, 0.2) is 12.0 Å². The Kier molecular flexibility index (Phi) is 7.03. The Morgan fingerprint density at radius 1 is 1.11 bits per heavy atom. The third kappa shape index (κ3) is 4.97. The molecule has 0 spiro atoms. The van der Waals surface area contributed by atoms with Crippen molar-refractivity contribution in [1.29, 1.82) is 0 Å². The van der Waals surface area contributed by atoms with Gasteiger partial charge in [0.05, 0.1) is 18.8 Å². The van der Waals surface area contributed by atoms with E-state index in [-0.39, 0.29) is 13.2 Å². The molecule has 8 nitrogen and oxygen atoms in total. The number of benzene rings is 1. The van der Waals surface area contributed by atoms with Crippen LogP contribution in [-0.4, -0.2) is 80.9 Å². The summed E-state index contributed by atoms with van der Waals surface area (Å²) >= 11 is 0. The van der Waals surface area contributed by atoms with Crippen molar-refractivity contribution in [3.63, 3.8) is 0 Å². The Morgan fingerprint density at radius 3 is 2.74 bits per heavy atom. The smallest absolute Gasteiger partial charge is 0.181 e. The van der Waals surface area contributed by atoms with E-state index in [0.29, 0.717) is 6.54 Å². The number of β-amino-alcohol motifs (C(OH)–C–C–N with tert-alkyl or cyclic N) is 1. The molecule has 0 saturated carbocycles. The highest BCUT2D eigenvalue weighted by molar-refractivity contribution is 5.76. The lowest BCUT2D eigenvalue weighted by molar-refractivity contribution is -0.145. The highest BCUT2D eigenvalue weighted by atomic mass is 16.4. The van der Waals surface area contributed by atoms with Crippen LogP contribution in [0.2, 0.25) is 0 Å².